The highest BCUT2D eigenvalue weighted by molar-refractivity contribution is 5.71. The molecule has 0 heterocycles. The van der Waals surface area contributed by atoms with E-state index >= 15 is 0 Å². The molecule has 0 bridgehead atoms. The van der Waals surface area contributed by atoms with Crippen molar-refractivity contribution in [3.8, 4) is 0 Å². The lowest BCUT2D eigenvalue weighted by Crippen LogP contribution is -2.30. The molecule has 1 unspecified atom stereocenters. The monoisotopic (exact) mass is 1140 g/mol. The molecule has 0 aliphatic heterocycles. The molecule has 0 radical (unpaired) electrons. The van der Waals surface area contributed by atoms with Gasteiger partial charge < -0.3 is 14.2 Å². The summed E-state index contributed by atoms with van der Waals surface area (Å²) in [5.41, 5.74) is 0. The topological polar surface area (TPSA) is 78.9 Å². The SMILES string of the molecule is CC/C=C\C/C=C\C/C=C\C/C=C\C/C=C\C/C=C\C/C=C\CCCC(=O)OC(COC(=O)CCCCCCCCC/C=C\C/C=C\C/C=C\CC)COC(=O)CCCCCCCCCCCCCCCCCCCCCCCCCC. The van der Waals surface area contributed by atoms with Crippen LogP contribution >= 0.6 is 0 Å². The van der Waals surface area contributed by atoms with Crippen LogP contribution < -0.4 is 0 Å². The molecule has 1 atom stereocenters. The predicted octanol–water partition coefficient (Wildman–Crippen LogP) is 23.9. The van der Waals surface area contributed by atoms with Gasteiger partial charge in [-0.1, -0.05) is 322 Å². The second-order valence-corrected chi connectivity index (χ2v) is 22.7. The van der Waals surface area contributed by atoms with Crippen LogP contribution in [0.25, 0.3) is 0 Å². The predicted molar refractivity (Wildman–Crippen MR) is 357 cm³/mol. The average molecular weight is 1140 g/mol. The highest BCUT2D eigenvalue weighted by atomic mass is 16.6. The number of carbonyl (C=O) groups excluding carboxylic acids is 3. The van der Waals surface area contributed by atoms with E-state index < -0.39 is 6.10 Å². The highest BCUT2D eigenvalue weighted by Gasteiger charge is 2.19. The third kappa shape index (κ3) is 66.6. The zero-order valence-corrected chi connectivity index (χ0v) is 53.7. The number of hydrogen-bond acceptors (Lipinski definition) is 6. The first kappa shape index (κ1) is 77.8. The van der Waals surface area contributed by atoms with E-state index in [9.17, 15) is 14.4 Å². The molecule has 0 fully saturated rings. The summed E-state index contributed by atoms with van der Waals surface area (Å²) in [6, 6.07) is 0. The minimum Gasteiger partial charge on any atom is -0.462 e. The second-order valence-electron chi connectivity index (χ2n) is 22.7. The van der Waals surface area contributed by atoms with Crippen molar-refractivity contribution in [3.63, 3.8) is 0 Å². The van der Waals surface area contributed by atoms with Gasteiger partial charge in [0.15, 0.2) is 6.10 Å². The summed E-state index contributed by atoms with van der Waals surface area (Å²) < 4.78 is 16.9. The summed E-state index contributed by atoms with van der Waals surface area (Å²) in [6.45, 7) is 6.40. The number of ether oxygens (including phenoxy) is 3. The molecule has 0 aromatic heterocycles. The van der Waals surface area contributed by atoms with Gasteiger partial charge in [0.25, 0.3) is 0 Å². The summed E-state index contributed by atoms with van der Waals surface area (Å²) in [7, 11) is 0. The van der Waals surface area contributed by atoms with E-state index in [0.29, 0.717) is 19.3 Å². The maximum absolute atomic E-state index is 12.9. The summed E-state index contributed by atoms with van der Waals surface area (Å²) in [5, 5.41) is 0. The van der Waals surface area contributed by atoms with Crippen LogP contribution in [-0.2, 0) is 28.6 Å². The van der Waals surface area contributed by atoms with Crippen LogP contribution in [0.5, 0.6) is 0 Å². The van der Waals surface area contributed by atoms with E-state index in [4.69, 9.17) is 14.2 Å². The van der Waals surface area contributed by atoms with Gasteiger partial charge in [-0.2, -0.15) is 0 Å². The summed E-state index contributed by atoms with van der Waals surface area (Å²) in [5.74, 6) is -0.964. The molecule has 0 saturated carbocycles. The molecule has 0 aliphatic rings. The lowest BCUT2D eigenvalue weighted by molar-refractivity contribution is -0.167. The molecule has 0 aromatic carbocycles. The van der Waals surface area contributed by atoms with E-state index in [1.165, 1.54) is 161 Å². The van der Waals surface area contributed by atoms with Gasteiger partial charge in [-0.25, -0.2) is 0 Å². The molecule has 82 heavy (non-hydrogen) atoms. The van der Waals surface area contributed by atoms with Crippen LogP contribution in [0.2, 0.25) is 0 Å². The molecule has 0 spiro atoms. The number of carbonyl (C=O) groups is 3. The smallest absolute Gasteiger partial charge is 0.306 e. The Morgan fingerprint density at radius 1 is 0.256 bits per heavy atom. The number of esters is 3. The molecule has 0 saturated heterocycles. The zero-order valence-electron chi connectivity index (χ0n) is 53.7. The highest BCUT2D eigenvalue weighted by Crippen LogP contribution is 2.17. The zero-order chi connectivity index (χ0) is 59.2. The van der Waals surface area contributed by atoms with E-state index in [0.717, 1.165) is 116 Å². The van der Waals surface area contributed by atoms with Crippen molar-refractivity contribution in [3.05, 3.63) is 122 Å². The Balaban J connectivity index is 4.45. The molecular weight excluding hydrogens is 1010 g/mol. The van der Waals surface area contributed by atoms with E-state index in [1.54, 1.807) is 0 Å². The van der Waals surface area contributed by atoms with Crippen molar-refractivity contribution < 1.29 is 28.6 Å². The van der Waals surface area contributed by atoms with Crippen molar-refractivity contribution in [2.45, 2.75) is 329 Å². The van der Waals surface area contributed by atoms with Crippen LogP contribution in [0.3, 0.4) is 0 Å². The Labute approximate surface area is 507 Å². The van der Waals surface area contributed by atoms with E-state index in [2.05, 4.69) is 142 Å². The quantitative estimate of drug-likeness (QED) is 0.0261. The largest absolute Gasteiger partial charge is 0.462 e. The lowest BCUT2D eigenvalue weighted by Gasteiger charge is -2.18. The standard InChI is InChI=1S/C76H128O6/c1-4-7-10-13-16-19-22-25-28-31-33-35-37-39-40-42-45-48-51-54-57-60-63-66-69-75(78)81-72-73(71-80-74(77)68-65-62-59-56-53-50-47-44-30-27-24-21-18-15-12-9-6-3)82-76(79)70-67-64-61-58-55-52-49-46-43-41-38-36-34-32-29-26-23-20-17-14-11-8-5-2/h8-9,11-12,17-18,20-21,26-27,29-30,34,36,41,43,49,52,58,61,73H,4-7,10,13-16,19,22-25,28,31-33,35,37-40,42,44-48,50-51,53-57,59-60,62-72H2,1-3H3/b11-8-,12-9-,20-17-,21-18-,29-26-,30-27-,36-34-,43-41-,52-49-,61-58-. The first-order valence-electron chi connectivity index (χ1n) is 34.5. The molecule has 0 amide bonds. The van der Waals surface area contributed by atoms with Crippen LogP contribution in [0.15, 0.2) is 122 Å². The molecule has 0 aliphatic carbocycles. The van der Waals surface area contributed by atoms with Gasteiger partial charge >= 0.3 is 17.9 Å². The van der Waals surface area contributed by atoms with Crippen molar-refractivity contribution in [1.82, 2.24) is 0 Å². The third-order valence-corrected chi connectivity index (χ3v) is 14.7. The summed E-state index contributed by atoms with van der Waals surface area (Å²) in [6.07, 6.45) is 96.5. The van der Waals surface area contributed by atoms with Crippen molar-refractivity contribution in [2.24, 2.45) is 0 Å². The fraction of sp³-hybridized carbons (Fsp3) is 0.697. The Morgan fingerprint density at radius 2 is 0.488 bits per heavy atom. The number of rotatable bonds is 62. The van der Waals surface area contributed by atoms with Crippen LogP contribution in [0.4, 0.5) is 0 Å². The fourth-order valence-electron chi connectivity index (χ4n) is 9.63. The number of unbranched alkanes of at least 4 members (excludes halogenated alkanes) is 31. The summed E-state index contributed by atoms with van der Waals surface area (Å²) >= 11 is 0. The van der Waals surface area contributed by atoms with Crippen molar-refractivity contribution in [1.29, 1.82) is 0 Å². The first-order valence-corrected chi connectivity index (χ1v) is 34.5. The van der Waals surface area contributed by atoms with Gasteiger partial charge in [0, 0.05) is 19.3 Å². The van der Waals surface area contributed by atoms with E-state index in [1.807, 2.05) is 0 Å². The molecule has 468 valence electrons. The third-order valence-electron chi connectivity index (χ3n) is 14.7. The summed E-state index contributed by atoms with van der Waals surface area (Å²) in [4.78, 5) is 38.4. The maximum atomic E-state index is 12.9. The Bertz CT molecular complexity index is 1690. The fourth-order valence-corrected chi connectivity index (χ4v) is 9.63. The minimum absolute atomic E-state index is 0.104. The molecule has 6 heteroatoms. The van der Waals surface area contributed by atoms with Crippen LogP contribution in [0, 0.1) is 0 Å². The molecular formula is C76H128O6. The normalized spacial score (nSPS) is 12.9. The van der Waals surface area contributed by atoms with E-state index in [-0.39, 0.29) is 37.5 Å². The average Bonchev–Trinajstić information content (AvgIpc) is 3.47. The maximum Gasteiger partial charge on any atom is 0.306 e. The Hall–Kier alpha value is -4.19. The van der Waals surface area contributed by atoms with Gasteiger partial charge in [0.2, 0.25) is 0 Å². The molecule has 0 rings (SSSR count). The van der Waals surface area contributed by atoms with Gasteiger partial charge in [0.05, 0.1) is 0 Å². The van der Waals surface area contributed by atoms with Crippen LogP contribution in [-0.4, -0.2) is 37.2 Å². The number of allylic oxidation sites excluding steroid dienone is 20. The second kappa shape index (κ2) is 69.3. The molecule has 6 nitrogen and oxygen atoms in total. The Kier molecular flexibility index (Phi) is 65.8. The van der Waals surface area contributed by atoms with Gasteiger partial charge in [-0.3, -0.25) is 14.4 Å². The lowest BCUT2D eigenvalue weighted by atomic mass is 10.0. The molecule has 0 N–H and O–H groups in total. The van der Waals surface area contributed by atoms with Gasteiger partial charge in [0.1, 0.15) is 13.2 Å². The van der Waals surface area contributed by atoms with Crippen molar-refractivity contribution in [2.75, 3.05) is 13.2 Å². The Morgan fingerprint density at radius 3 is 0.780 bits per heavy atom. The minimum atomic E-state index is -0.817. The first-order chi connectivity index (χ1) is 40.5. The molecule has 0 aromatic rings. The van der Waals surface area contributed by atoms with Crippen LogP contribution in [0.1, 0.15) is 323 Å². The van der Waals surface area contributed by atoms with Gasteiger partial charge in [-0.15, -0.1) is 0 Å². The van der Waals surface area contributed by atoms with Crippen molar-refractivity contribution >= 4 is 17.9 Å². The number of hydrogen-bond donors (Lipinski definition) is 0. The van der Waals surface area contributed by atoms with Gasteiger partial charge in [-0.05, 0) is 103 Å².